The Bertz CT molecular complexity index is 902. The van der Waals surface area contributed by atoms with E-state index in [1.807, 2.05) is 31.2 Å². The lowest BCUT2D eigenvalue weighted by molar-refractivity contribution is -0.113. The molecular formula is C17H17N3O3S2. The average molecular weight is 375 g/mol. The fourth-order valence-corrected chi connectivity index (χ4v) is 4.32. The minimum absolute atomic E-state index is 0.127. The number of carbonyl (C=O) groups excluding carboxylic acids is 1. The van der Waals surface area contributed by atoms with Gasteiger partial charge in [0.1, 0.15) is 5.75 Å². The number of rotatable bonds is 7. The van der Waals surface area contributed by atoms with Gasteiger partial charge in [0.15, 0.2) is 4.34 Å². The highest BCUT2D eigenvalue weighted by Crippen LogP contribution is 2.40. The maximum atomic E-state index is 12.1. The summed E-state index contributed by atoms with van der Waals surface area (Å²) in [5.41, 5.74) is 1.85. The van der Waals surface area contributed by atoms with Crippen molar-refractivity contribution in [2.45, 2.75) is 30.0 Å². The van der Waals surface area contributed by atoms with Crippen molar-refractivity contribution in [1.82, 2.24) is 10.1 Å². The molecule has 4 rings (SSSR count). The number of amides is 1. The first-order chi connectivity index (χ1) is 12.2. The fourth-order valence-electron chi connectivity index (χ4n) is 2.42. The van der Waals surface area contributed by atoms with Gasteiger partial charge in [-0.15, -0.1) is 11.3 Å². The molecule has 0 bridgehead atoms. The van der Waals surface area contributed by atoms with Crippen LogP contribution in [0.2, 0.25) is 0 Å². The van der Waals surface area contributed by atoms with E-state index in [4.69, 9.17) is 9.26 Å². The predicted molar refractivity (Wildman–Crippen MR) is 98.6 cm³/mol. The lowest BCUT2D eigenvalue weighted by Crippen LogP contribution is -2.13. The largest absolute Gasteiger partial charge is 0.494 e. The fraction of sp³-hybridized carbons (Fsp3) is 0.353. The number of thiazole rings is 1. The molecule has 1 N–H and O–H groups in total. The number of hydrogen-bond acceptors (Lipinski definition) is 7. The van der Waals surface area contributed by atoms with Gasteiger partial charge in [0, 0.05) is 12.0 Å². The van der Waals surface area contributed by atoms with Crippen molar-refractivity contribution in [2.24, 2.45) is 0 Å². The number of anilines is 1. The maximum Gasteiger partial charge on any atom is 0.237 e. The van der Waals surface area contributed by atoms with Gasteiger partial charge in [-0.05, 0) is 38.0 Å². The van der Waals surface area contributed by atoms with Gasteiger partial charge in [0.05, 0.1) is 28.3 Å². The molecule has 0 spiro atoms. The van der Waals surface area contributed by atoms with E-state index in [0.717, 1.165) is 38.8 Å². The number of aromatic nitrogens is 2. The number of benzene rings is 1. The van der Waals surface area contributed by atoms with E-state index in [9.17, 15) is 4.79 Å². The van der Waals surface area contributed by atoms with Crippen LogP contribution in [0.1, 0.15) is 31.4 Å². The number of hydrogen-bond donors (Lipinski definition) is 1. The number of nitrogens with zero attached hydrogens (tertiary/aromatic N) is 2. The number of ether oxygens (including phenoxy) is 1. The van der Waals surface area contributed by atoms with E-state index in [1.165, 1.54) is 11.8 Å². The molecular weight excluding hydrogens is 358 g/mol. The SMILES string of the molecule is CCOc1ccc2nc(SCC(=O)Nc3cc(C4CC4)no3)sc2c1. The van der Waals surface area contributed by atoms with Gasteiger partial charge in [-0.3, -0.25) is 10.1 Å². The molecule has 3 aromatic rings. The van der Waals surface area contributed by atoms with Crippen LogP contribution in [0, 0.1) is 0 Å². The zero-order valence-corrected chi connectivity index (χ0v) is 15.3. The summed E-state index contributed by atoms with van der Waals surface area (Å²) < 4.78 is 12.6. The van der Waals surface area contributed by atoms with E-state index in [0.29, 0.717) is 18.4 Å². The molecule has 6 nitrogen and oxygen atoms in total. The molecule has 1 aliphatic rings. The minimum Gasteiger partial charge on any atom is -0.494 e. The summed E-state index contributed by atoms with van der Waals surface area (Å²) in [6, 6.07) is 7.64. The van der Waals surface area contributed by atoms with Gasteiger partial charge in [-0.2, -0.15) is 0 Å². The van der Waals surface area contributed by atoms with E-state index in [-0.39, 0.29) is 11.7 Å². The number of fused-ring (bicyclic) bond motifs is 1. The second-order valence-electron chi connectivity index (χ2n) is 5.77. The Morgan fingerprint density at radius 1 is 1.44 bits per heavy atom. The van der Waals surface area contributed by atoms with Crippen LogP contribution in [0.3, 0.4) is 0 Å². The molecule has 1 aromatic carbocycles. The third-order valence-electron chi connectivity index (χ3n) is 3.76. The number of thioether (sulfide) groups is 1. The first kappa shape index (κ1) is 16.4. The molecule has 1 fully saturated rings. The van der Waals surface area contributed by atoms with Crippen LogP contribution in [-0.2, 0) is 4.79 Å². The van der Waals surface area contributed by atoms with Crippen molar-refractivity contribution in [1.29, 1.82) is 0 Å². The van der Waals surface area contributed by atoms with Gasteiger partial charge in [-0.25, -0.2) is 4.98 Å². The summed E-state index contributed by atoms with van der Waals surface area (Å²) in [6.45, 7) is 2.59. The first-order valence-corrected chi connectivity index (χ1v) is 9.94. The van der Waals surface area contributed by atoms with Gasteiger partial charge in [0.2, 0.25) is 11.8 Å². The van der Waals surface area contributed by atoms with Gasteiger partial charge in [0.25, 0.3) is 0 Å². The Labute approximate surface area is 152 Å². The Hall–Kier alpha value is -2.06. The Morgan fingerprint density at radius 2 is 2.32 bits per heavy atom. The third kappa shape index (κ3) is 3.96. The van der Waals surface area contributed by atoms with Crippen LogP contribution in [0.15, 0.2) is 33.1 Å². The van der Waals surface area contributed by atoms with Crippen LogP contribution >= 0.6 is 23.1 Å². The van der Waals surface area contributed by atoms with Crippen LogP contribution < -0.4 is 10.1 Å². The van der Waals surface area contributed by atoms with Crippen molar-refractivity contribution >= 4 is 45.1 Å². The molecule has 0 unspecified atom stereocenters. The molecule has 1 aliphatic carbocycles. The lowest BCUT2D eigenvalue weighted by atomic mass is 10.3. The molecule has 130 valence electrons. The quantitative estimate of drug-likeness (QED) is 0.621. The molecule has 2 aromatic heterocycles. The van der Waals surface area contributed by atoms with Crippen LogP contribution in [0.5, 0.6) is 5.75 Å². The zero-order chi connectivity index (χ0) is 17.2. The first-order valence-electron chi connectivity index (χ1n) is 8.14. The topological polar surface area (TPSA) is 77.2 Å². The molecule has 2 heterocycles. The summed E-state index contributed by atoms with van der Waals surface area (Å²) in [4.78, 5) is 16.6. The van der Waals surface area contributed by atoms with Crippen molar-refractivity contribution in [3.8, 4) is 5.75 Å². The Morgan fingerprint density at radius 3 is 3.12 bits per heavy atom. The summed E-state index contributed by atoms with van der Waals surface area (Å²) in [6.07, 6.45) is 2.30. The van der Waals surface area contributed by atoms with E-state index >= 15 is 0 Å². The van der Waals surface area contributed by atoms with Crippen molar-refractivity contribution < 1.29 is 14.1 Å². The molecule has 0 aliphatic heterocycles. The molecule has 1 saturated carbocycles. The standard InChI is InChI=1S/C17H17N3O3S2/c1-2-22-11-5-6-12-14(7-11)25-17(18-12)24-9-15(21)19-16-8-13(20-23-16)10-3-4-10/h5-8,10H,2-4,9H2,1H3,(H,19,21). The maximum absolute atomic E-state index is 12.1. The van der Waals surface area contributed by atoms with Crippen LogP contribution in [0.4, 0.5) is 5.88 Å². The molecule has 0 saturated heterocycles. The van der Waals surface area contributed by atoms with E-state index in [1.54, 1.807) is 11.3 Å². The molecule has 0 radical (unpaired) electrons. The van der Waals surface area contributed by atoms with E-state index in [2.05, 4.69) is 15.5 Å². The highest BCUT2D eigenvalue weighted by atomic mass is 32.2. The lowest BCUT2D eigenvalue weighted by Gasteiger charge is -2.00. The predicted octanol–water partition coefficient (Wildman–Crippen LogP) is 4.29. The second kappa shape index (κ2) is 7.05. The Kier molecular flexibility index (Phi) is 4.63. The summed E-state index contributed by atoms with van der Waals surface area (Å²) in [5.74, 6) is 1.91. The smallest absolute Gasteiger partial charge is 0.237 e. The summed E-state index contributed by atoms with van der Waals surface area (Å²) in [5, 5.41) is 6.73. The van der Waals surface area contributed by atoms with Crippen molar-refractivity contribution in [3.63, 3.8) is 0 Å². The highest BCUT2D eigenvalue weighted by Gasteiger charge is 2.27. The van der Waals surface area contributed by atoms with Crippen LogP contribution in [0.25, 0.3) is 10.2 Å². The van der Waals surface area contributed by atoms with Gasteiger partial charge < -0.3 is 9.26 Å². The van der Waals surface area contributed by atoms with Gasteiger partial charge in [-0.1, -0.05) is 16.9 Å². The van der Waals surface area contributed by atoms with Gasteiger partial charge >= 0.3 is 0 Å². The molecule has 8 heteroatoms. The highest BCUT2D eigenvalue weighted by molar-refractivity contribution is 8.01. The number of nitrogens with one attached hydrogen (secondary N) is 1. The van der Waals surface area contributed by atoms with Crippen LogP contribution in [-0.4, -0.2) is 28.4 Å². The zero-order valence-electron chi connectivity index (χ0n) is 13.7. The minimum atomic E-state index is -0.127. The monoisotopic (exact) mass is 375 g/mol. The third-order valence-corrected chi connectivity index (χ3v) is 5.93. The summed E-state index contributed by atoms with van der Waals surface area (Å²) >= 11 is 2.97. The summed E-state index contributed by atoms with van der Waals surface area (Å²) in [7, 11) is 0. The molecule has 25 heavy (non-hydrogen) atoms. The van der Waals surface area contributed by atoms with Crippen molar-refractivity contribution in [2.75, 3.05) is 17.7 Å². The second-order valence-corrected chi connectivity index (χ2v) is 8.02. The van der Waals surface area contributed by atoms with E-state index < -0.39 is 0 Å². The Balaban J connectivity index is 1.35. The molecule has 1 amide bonds. The normalized spacial score (nSPS) is 14.0. The molecule has 0 atom stereocenters. The average Bonchev–Trinajstić information content (AvgIpc) is 3.21. The van der Waals surface area contributed by atoms with Crippen molar-refractivity contribution in [3.05, 3.63) is 30.0 Å². The number of carbonyl (C=O) groups is 1.